The van der Waals surface area contributed by atoms with Crippen LogP contribution in [-0.4, -0.2) is 49.4 Å². The number of rotatable bonds is 4. The zero-order valence-electron chi connectivity index (χ0n) is 8.96. The molecule has 0 bridgehead atoms. The summed E-state index contributed by atoms with van der Waals surface area (Å²) in [4.78, 5) is 0. The molecule has 0 atom stereocenters. The van der Waals surface area contributed by atoms with Crippen LogP contribution in [0.4, 0.5) is 0 Å². The Morgan fingerprint density at radius 2 is 1.77 bits per heavy atom. The predicted molar refractivity (Wildman–Crippen MR) is 53.1 cm³/mol. The largest absolute Gasteiger partial charge is 0.870 e. The highest BCUT2D eigenvalue weighted by molar-refractivity contribution is 4.49. The van der Waals surface area contributed by atoms with E-state index in [-0.39, 0.29) is 5.48 Å². The second kappa shape index (κ2) is 6.35. The fourth-order valence-electron chi connectivity index (χ4n) is 1.92. The Morgan fingerprint density at radius 3 is 2.23 bits per heavy atom. The van der Waals surface area contributed by atoms with E-state index >= 15 is 0 Å². The van der Waals surface area contributed by atoms with E-state index in [4.69, 9.17) is 4.74 Å². The maximum absolute atomic E-state index is 5.39. The molecule has 1 N–H and O–H groups in total. The summed E-state index contributed by atoms with van der Waals surface area (Å²) in [5.41, 5.74) is 0. The van der Waals surface area contributed by atoms with Crippen molar-refractivity contribution in [3.8, 4) is 0 Å². The standard InChI is InChI=1S/C10H22NO.H2O/c1-3-5-6-11(4-2)7-9-12-10-8-11;/h3-10H2,1-2H3;1H2/q+1;/p-1. The summed E-state index contributed by atoms with van der Waals surface area (Å²) >= 11 is 0. The number of unbranched alkanes of at least 4 members (excludes halogenated alkanes) is 1. The van der Waals surface area contributed by atoms with Gasteiger partial charge in [-0.05, 0) is 13.3 Å². The normalized spacial score (nSPS) is 20.8. The fourth-order valence-corrected chi connectivity index (χ4v) is 1.92. The molecule has 1 rings (SSSR count). The summed E-state index contributed by atoms with van der Waals surface area (Å²) in [6.07, 6.45) is 2.69. The summed E-state index contributed by atoms with van der Waals surface area (Å²) in [5, 5.41) is 0. The Kier molecular flexibility index (Phi) is 6.29. The maximum Gasteiger partial charge on any atom is 0.102 e. The number of morpholine rings is 1. The second-order valence-electron chi connectivity index (χ2n) is 3.79. The van der Waals surface area contributed by atoms with E-state index in [1.165, 1.54) is 43.5 Å². The van der Waals surface area contributed by atoms with Crippen LogP contribution in [0.3, 0.4) is 0 Å². The summed E-state index contributed by atoms with van der Waals surface area (Å²) in [6.45, 7) is 11.6. The molecule has 0 saturated carbocycles. The highest BCUT2D eigenvalue weighted by Crippen LogP contribution is 2.12. The third kappa shape index (κ3) is 3.63. The number of likely N-dealkylation sites (N-methyl/N-ethyl adjacent to an activating group) is 1. The van der Waals surface area contributed by atoms with Crippen molar-refractivity contribution < 1.29 is 14.7 Å². The summed E-state index contributed by atoms with van der Waals surface area (Å²) < 4.78 is 6.69. The number of hydrogen-bond acceptors (Lipinski definition) is 2. The molecule has 3 nitrogen and oxygen atoms in total. The summed E-state index contributed by atoms with van der Waals surface area (Å²) in [6, 6.07) is 0. The SMILES string of the molecule is CCCC[N+]1(CC)CCOCC1.[OH-]. The van der Waals surface area contributed by atoms with Crippen LogP contribution in [-0.2, 0) is 4.74 Å². The van der Waals surface area contributed by atoms with Crippen LogP contribution in [0.2, 0.25) is 0 Å². The number of nitrogens with zero attached hydrogens (tertiary/aromatic N) is 1. The molecule has 1 fully saturated rings. The molecular formula is C10H23NO2. The topological polar surface area (TPSA) is 39.2 Å². The van der Waals surface area contributed by atoms with Crippen molar-refractivity contribution in [3.05, 3.63) is 0 Å². The average Bonchev–Trinajstić information content (AvgIpc) is 2.16. The fraction of sp³-hybridized carbons (Fsp3) is 1.00. The van der Waals surface area contributed by atoms with E-state index in [1.54, 1.807) is 0 Å². The van der Waals surface area contributed by atoms with E-state index < -0.39 is 0 Å². The first-order chi connectivity index (χ1) is 5.83. The van der Waals surface area contributed by atoms with Crippen LogP contribution in [0, 0.1) is 0 Å². The number of hydrogen-bond donors (Lipinski definition) is 0. The van der Waals surface area contributed by atoms with Crippen molar-refractivity contribution in [2.75, 3.05) is 39.4 Å². The molecule has 0 radical (unpaired) electrons. The molecule has 1 saturated heterocycles. The monoisotopic (exact) mass is 189 g/mol. The maximum atomic E-state index is 5.39. The van der Waals surface area contributed by atoms with Gasteiger partial charge >= 0.3 is 0 Å². The molecule has 0 aromatic heterocycles. The van der Waals surface area contributed by atoms with Crippen LogP contribution in [0.25, 0.3) is 0 Å². The van der Waals surface area contributed by atoms with Gasteiger partial charge in [0.05, 0.1) is 26.3 Å². The van der Waals surface area contributed by atoms with Gasteiger partial charge in [-0.1, -0.05) is 13.3 Å². The lowest BCUT2D eigenvalue weighted by Crippen LogP contribution is -2.55. The van der Waals surface area contributed by atoms with Crippen LogP contribution in [0.5, 0.6) is 0 Å². The number of quaternary nitrogens is 1. The molecule has 0 amide bonds. The lowest BCUT2D eigenvalue weighted by Gasteiger charge is -2.40. The molecule has 0 aliphatic carbocycles. The van der Waals surface area contributed by atoms with E-state index in [2.05, 4.69) is 13.8 Å². The zero-order valence-corrected chi connectivity index (χ0v) is 8.96. The highest BCUT2D eigenvalue weighted by Gasteiger charge is 2.27. The molecule has 1 aliphatic rings. The molecule has 3 heteroatoms. The molecule has 0 spiro atoms. The first kappa shape index (κ1) is 12.9. The molecule has 0 aromatic rings. The molecule has 0 aromatic carbocycles. The van der Waals surface area contributed by atoms with Gasteiger partial charge in [-0.15, -0.1) is 0 Å². The van der Waals surface area contributed by atoms with Crippen molar-refractivity contribution in [3.63, 3.8) is 0 Å². The van der Waals surface area contributed by atoms with Gasteiger partial charge in [-0.25, -0.2) is 0 Å². The van der Waals surface area contributed by atoms with Gasteiger partial charge in [0.1, 0.15) is 13.1 Å². The second-order valence-corrected chi connectivity index (χ2v) is 3.79. The summed E-state index contributed by atoms with van der Waals surface area (Å²) in [7, 11) is 0. The molecule has 13 heavy (non-hydrogen) atoms. The van der Waals surface area contributed by atoms with E-state index in [1.807, 2.05) is 0 Å². The van der Waals surface area contributed by atoms with Gasteiger partial charge in [0, 0.05) is 0 Å². The minimum Gasteiger partial charge on any atom is -0.870 e. The van der Waals surface area contributed by atoms with Gasteiger partial charge in [-0.3, -0.25) is 0 Å². The first-order valence-electron chi connectivity index (χ1n) is 5.26. The Hall–Kier alpha value is -0.120. The van der Waals surface area contributed by atoms with Gasteiger partial charge in [0.2, 0.25) is 0 Å². The third-order valence-corrected chi connectivity index (χ3v) is 3.08. The molecule has 1 heterocycles. The Balaban J connectivity index is 0.00000144. The molecule has 1 aliphatic heterocycles. The summed E-state index contributed by atoms with van der Waals surface area (Å²) in [5.74, 6) is 0. The Morgan fingerprint density at radius 1 is 1.15 bits per heavy atom. The lowest BCUT2D eigenvalue weighted by atomic mass is 10.2. The minimum atomic E-state index is 0. The molecule has 0 unspecified atom stereocenters. The van der Waals surface area contributed by atoms with Gasteiger partial charge < -0.3 is 14.7 Å². The predicted octanol–water partition coefficient (Wildman–Crippen LogP) is 1.48. The Labute approximate surface area is 81.6 Å². The van der Waals surface area contributed by atoms with Crippen molar-refractivity contribution in [2.24, 2.45) is 0 Å². The molecular weight excluding hydrogens is 166 g/mol. The first-order valence-corrected chi connectivity index (χ1v) is 5.26. The zero-order chi connectivity index (χ0) is 8.86. The van der Waals surface area contributed by atoms with Crippen molar-refractivity contribution >= 4 is 0 Å². The quantitative estimate of drug-likeness (QED) is 0.628. The van der Waals surface area contributed by atoms with Crippen LogP contribution in [0.1, 0.15) is 26.7 Å². The third-order valence-electron chi connectivity index (χ3n) is 3.08. The van der Waals surface area contributed by atoms with E-state index in [0.29, 0.717) is 0 Å². The van der Waals surface area contributed by atoms with Crippen LogP contribution >= 0.6 is 0 Å². The smallest absolute Gasteiger partial charge is 0.102 e. The van der Waals surface area contributed by atoms with Crippen molar-refractivity contribution in [2.45, 2.75) is 26.7 Å². The van der Waals surface area contributed by atoms with Crippen molar-refractivity contribution in [1.82, 2.24) is 0 Å². The minimum absolute atomic E-state index is 0. The average molecular weight is 189 g/mol. The Bertz CT molecular complexity index is 122. The highest BCUT2D eigenvalue weighted by atomic mass is 16.5. The van der Waals surface area contributed by atoms with Crippen LogP contribution < -0.4 is 0 Å². The van der Waals surface area contributed by atoms with E-state index in [9.17, 15) is 0 Å². The van der Waals surface area contributed by atoms with E-state index in [0.717, 1.165) is 13.2 Å². The number of ether oxygens (including phenoxy) is 1. The van der Waals surface area contributed by atoms with Gasteiger partial charge in [0.25, 0.3) is 0 Å². The molecule has 80 valence electrons. The van der Waals surface area contributed by atoms with Gasteiger partial charge in [-0.2, -0.15) is 0 Å². The van der Waals surface area contributed by atoms with Crippen molar-refractivity contribution in [1.29, 1.82) is 0 Å². The van der Waals surface area contributed by atoms with Crippen LogP contribution in [0.15, 0.2) is 0 Å². The van der Waals surface area contributed by atoms with Gasteiger partial charge in [0.15, 0.2) is 0 Å². The lowest BCUT2D eigenvalue weighted by molar-refractivity contribution is -0.933.